The average molecular weight is 234 g/mol. The van der Waals surface area contributed by atoms with Gasteiger partial charge in [-0.15, -0.1) is 11.3 Å². The van der Waals surface area contributed by atoms with E-state index < -0.39 is 0 Å². The summed E-state index contributed by atoms with van der Waals surface area (Å²) in [5, 5.41) is 2.73. The molecular weight excluding hydrogens is 224 g/mol. The highest BCUT2D eigenvalue weighted by Crippen LogP contribution is 2.15. The normalized spacial score (nSPS) is 10.1. The van der Waals surface area contributed by atoms with Crippen LogP contribution in [-0.4, -0.2) is 15.9 Å². The molecule has 3 N–H and O–H groups in total. The molecule has 2 aromatic rings. The molecule has 0 aliphatic carbocycles. The van der Waals surface area contributed by atoms with Gasteiger partial charge in [0.15, 0.2) is 0 Å². The Balaban J connectivity index is 2.14. The lowest BCUT2D eigenvalue weighted by Gasteiger charge is -2.03. The third-order valence-electron chi connectivity index (χ3n) is 2.00. The van der Waals surface area contributed by atoms with Gasteiger partial charge in [0, 0.05) is 0 Å². The smallest absolute Gasteiger partial charge is 0.267 e. The van der Waals surface area contributed by atoms with Crippen molar-refractivity contribution in [2.75, 3.05) is 11.1 Å². The molecule has 0 aliphatic rings. The van der Waals surface area contributed by atoms with E-state index in [1.165, 1.54) is 17.5 Å². The van der Waals surface area contributed by atoms with Crippen LogP contribution in [0, 0.1) is 6.92 Å². The summed E-state index contributed by atoms with van der Waals surface area (Å²) in [6.45, 7) is 1.80. The molecular formula is C10H10N4OS. The van der Waals surface area contributed by atoms with Crippen LogP contribution in [0.5, 0.6) is 0 Å². The summed E-state index contributed by atoms with van der Waals surface area (Å²) < 4.78 is 0. The van der Waals surface area contributed by atoms with Crippen molar-refractivity contribution in [3.8, 4) is 0 Å². The first-order valence-corrected chi connectivity index (χ1v) is 5.48. The number of aryl methyl sites for hydroxylation is 1. The third kappa shape index (κ3) is 2.17. The number of pyridine rings is 1. The first-order valence-electron chi connectivity index (χ1n) is 4.60. The van der Waals surface area contributed by atoms with Gasteiger partial charge in [-0.3, -0.25) is 4.79 Å². The number of amides is 1. The van der Waals surface area contributed by atoms with Crippen LogP contribution in [0.2, 0.25) is 0 Å². The van der Waals surface area contributed by atoms with Crippen LogP contribution in [0.3, 0.4) is 0 Å². The fraction of sp³-hybridized carbons (Fsp3) is 0.100. The van der Waals surface area contributed by atoms with E-state index in [-0.39, 0.29) is 5.91 Å². The van der Waals surface area contributed by atoms with Gasteiger partial charge in [0.1, 0.15) is 10.7 Å². The molecule has 2 heterocycles. The molecule has 0 radical (unpaired) electrons. The van der Waals surface area contributed by atoms with Crippen molar-refractivity contribution in [2.24, 2.45) is 0 Å². The fourth-order valence-electron chi connectivity index (χ4n) is 1.19. The number of hydrogen-bond acceptors (Lipinski definition) is 5. The molecule has 0 unspecified atom stereocenters. The minimum atomic E-state index is -0.174. The Morgan fingerprint density at radius 3 is 2.81 bits per heavy atom. The zero-order valence-corrected chi connectivity index (χ0v) is 9.41. The van der Waals surface area contributed by atoms with Gasteiger partial charge in [0.25, 0.3) is 5.91 Å². The Morgan fingerprint density at radius 2 is 2.25 bits per heavy atom. The highest BCUT2D eigenvalue weighted by atomic mass is 32.1. The molecule has 5 nitrogen and oxygen atoms in total. The highest BCUT2D eigenvalue weighted by molar-refractivity contribution is 7.12. The number of carbonyl (C=O) groups excluding carboxylic acids is 1. The van der Waals surface area contributed by atoms with E-state index in [0.29, 0.717) is 16.4 Å². The molecule has 0 bridgehead atoms. The van der Waals surface area contributed by atoms with Gasteiger partial charge >= 0.3 is 0 Å². The molecule has 0 saturated carbocycles. The number of anilines is 2. The van der Waals surface area contributed by atoms with Crippen LogP contribution in [0.4, 0.5) is 11.5 Å². The Labute approximate surface area is 96.3 Å². The molecule has 1 amide bonds. The van der Waals surface area contributed by atoms with Gasteiger partial charge in [-0.25, -0.2) is 9.97 Å². The molecule has 6 heteroatoms. The Morgan fingerprint density at radius 1 is 1.44 bits per heavy atom. The van der Waals surface area contributed by atoms with Crippen molar-refractivity contribution in [3.63, 3.8) is 0 Å². The van der Waals surface area contributed by atoms with Gasteiger partial charge in [-0.1, -0.05) is 0 Å². The van der Waals surface area contributed by atoms with E-state index in [9.17, 15) is 4.79 Å². The summed E-state index contributed by atoms with van der Waals surface area (Å²) in [5.41, 5.74) is 8.43. The minimum absolute atomic E-state index is 0.174. The van der Waals surface area contributed by atoms with Crippen LogP contribution in [0.15, 0.2) is 23.8 Å². The van der Waals surface area contributed by atoms with E-state index in [2.05, 4.69) is 15.3 Å². The average Bonchev–Trinajstić information content (AvgIpc) is 2.68. The van der Waals surface area contributed by atoms with Crippen LogP contribution in [-0.2, 0) is 0 Å². The second-order valence-corrected chi connectivity index (χ2v) is 4.05. The number of aromatic nitrogens is 2. The quantitative estimate of drug-likeness (QED) is 0.828. The van der Waals surface area contributed by atoms with Gasteiger partial charge < -0.3 is 11.1 Å². The van der Waals surface area contributed by atoms with Crippen LogP contribution >= 0.6 is 11.3 Å². The lowest BCUT2D eigenvalue weighted by Crippen LogP contribution is -2.11. The summed E-state index contributed by atoms with van der Waals surface area (Å²) in [6.07, 6.45) is 1.52. The summed E-state index contributed by atoms with van der Waals surface area (Å²) in [4.78, 5) is 20.3. The maximum atomic E-state index is 11.8. The van der Waals surface area contributed by atoms with Gasteiger partial charge in [-0.05, 0) is 19.1 Å². The standard InChI is InChI=1S/C10H10N4OS/c1-6-9(16-5-13-6)10(15)14-7-2-3-8(11)12-4-7/h2-5H,1H3,(H2,11,12)(H,14,15). The van der Waals surface area contributed by atoms with Gasteiger partial charge in [-0.2, -0.15) is 0 Å². The number of nitrogens with zero attached hydrogens (tertiary/aromatic N) is 2. The zero-order valence-electron chi connectivity index (χ0n) is 8.60. The number of carbonyl (C=O) groups is 1. The lowest BCUT2D eigenvalue weighted by atomic mass is 10.3. The maximum Gasteiger partial charge on any atom is 0.267 e. The zero-order chi connectivity index (χ0) is 11.5. The van der Waals surface area contributed by atoms with E-state index in [0.717, 1.165) is 5.69 Å². The largest absolute Gasteiger partial charge is 0.384 e. The molecule has 2 rings (SSSR count). The molecule has 82 valence electrons. The van der Waals surface area contributed by atoms with E-state index >= 15 is 0 Å². The summed E-state index contributed by atoms with van der Waals surface area (Å²) >= 11 is 1.31. The Kier molecular flexibility index (Phi) is 2.82. The van der Waals surface area contributed by atoms with Crippen molar-refractivity contribution < 1.29 is 4.79 Å². The van der Waals surface area contributed by atoms with Crippen molar-refractivity contribution in [2.45, 2.75) is 6.92 Å². The Hall–Kier alpha value is -1.95. The Bertz CT molecular complexity index is 506. The fourth-order valence-corrected chi connectivity index (χ4v) is 1.88. The second kappa shape index (κ2) is 4.28. The number of nitrogen functional groups attached to an aromatic ring is 1. The molecule has 2 aromatic heterocycles. The summed E-state index contributed by atoms with van der Waals surface area (Å²) in [6, 6.07) is 3.34. The number of hydrogen-bond donors (Lipinski definition) is 2. The molecule has 0 atom stereocenters. The van der Waals surface area contributed by atoms with Crippen LogP contribution < -0.4 is 11.1 Å². The van der Waals surface area contributed by atoms with Crippen LogP contribution in [0.25, 0.3) is 0 Å². The summed E-state index contributed by atoms with van der Waals surface area (Å²) in [7, 11) is 0. The predicted octanol–water partition coefficient (Wildman–Crippen LogP) is 1.68. The summed E-state index contributed by atoms with van der Waals surface area (Å²) in [5.74, 6) is 0.249. The molecule has 0 aromatic carbocycles. The number of nitrogens with one attached hydrogen (secondary N) is 1. The molecule has 0 spiro atoms. The van der Waals surface area contributed by atoms with Crippen molar-refractivity contribution in [3.05, 3.63) is 34.4 Å². The second-order valence-electron chi connectivity index (χ2n) is 3.19. The minimum Gasteiger partial charge on any atom is -0.384 e. The monoisotopic (exact) mass is 234 g/mol. The lowest BCUT2D eigenvalue weighted by molar-refractivity contribution is 0.103. The SMILES string of the molecule is Cc1ncsc1C(=O)Nc1ccc(N)nc1. The maximum absolute atomic E-state index is 11.8. The van der Waals surface area contributed by atoms with E-state index in [1.807, 2.05) is 0 Å². The topological polar surface area (TPSA) is 80.9 Å². The number of nitrogens with two attached hydrogens (primary N) is 1. The first-order chi connectivity index (χ1) is 7.66. The van der Waals surface area contributed by atoms with Crippen molar-refractivity contribution in [1.82, 2.24) is 9.97 Å². The molecule has 0 saturated heterocycles. The van der Waals surface area contributed by atoms with E-state index in [4.69, 9.17) is 5.73 Å². The van der Waals surface area contributed by atoms with Gasteiger partial charge in [0.2, 0.25) is 0 Å². The van der Waals surface area contributed by atoms with Gasteiger partial charge in [0.05, 0.1) is 23.1 Å². The predicted molar refractivity (Wildman–Crippen MR) is 63.5 cm³/mol. The van der Waals surface area contributed by atoms with Crippen LogP contribution in [0.1, 0.15) is 15.4 Å². The number of thiazole rings is 1. The van der Waals surface area contributed by atoms with Crippen molar-refractivity contribution >= 4 is 28.7 Å². The molecule has 0 aliphatic heterocycles. The molecule has 16 heavy (non-hydrogen) atoms. The van der Waals surface area contributed by atoms with E-state index in [1.54, 1.807) is 24.6 Å². The molecule has 0 fully saturated rings. The highest BCUT2D eigenvalue weighted by Gasteiger charge is 2.11. The number of rotatable bonds is 2. The van der Waals surface area contributed by atoms with Crippen molar-refractivity contribution in [1.29, 1.82) is 0 Å². The third-order valence-corrected chi connectivity index (χ3v) is 2.92. The first kappa shape index (κ1) is 10.6.